The predicted molar refractivity (Wildman–Crippen MR) is 71.1 cm³/mol. The minimum Gasteiger partial charge on any atom is -0.493 e. The number of hydrogen-bond donors (Lipinski definition) is 1. The summed E-state index contributed by atoms with van der Waals surface area (Å²) in [5, 5.41) is 3.32. The van der Waals surface area contributed by atoms with Crippen LogP contribution in [0.5, 0.6) is 11.5 Å². The van der Waals surface area contributed by atoms with Gasteiger partial charge in [0.2, 0.25) is 0 Å². The standard InChI is InChI=1S/C14H16N2O2/c1-17-13-4-3-12(9-14(13)18-2)16-10-11-5-7-15-8-6-11/h3-9,16H,10H2,1-2H3. The van der Waals surface area contributed by atoms with E-state index in [1.54, 1.807) is 26.6 Å². The average Bonchev–Trinajstić information content (AvgIpc) is 2.45. The van der Waals surface area contributed by atoms with Crippen LogP contribution < -0.4 is 14.8 Å². The Morgan fingerprint density at radius 1 is 1.00 bits per heavy atom. The van der Waals surface area contributed by atoms with Crippen LogP contribution in [0.15, 0.2) is 42.7 Å². The molecule has 0 aliphatic heterocycles. The summed E-state index contributed by atoms with van der Waals surface area (Å²) < 4.78 is 10.4. The van der Waals surface area contributed by atoms with Crippen molar-refractivity contribution < 1.29 is 9.47 Å². The van der Waals surface area contributed by atoms with Gasteiger partial charge >= 0.3 is 0 Å². The number of benzene rings is 1. The van der Waals surface area contributed by atoms with E-state index in [2.05, 4.69) is 10.3 Å². The van der Waals surface area contributed by atoms with Crippen LogP contribution in [-0.2, 0) is 6.54 Å². The molecule has 0 saturated carbocycles. The summed E-state index contributed by atoms with van der Waals surface area (Å²) in [6.07, 6.45) is 3.57. The number of hydrogen-bond acceptors (Lipinski definition) is 4. The van der Waals surface area contributed by atoms with E-state index in [0.717, 1.165) is 23.7 Å². The van der Waals surface area contributed by atoms with Crippen molar-refractivity contribution in [1.82, 2.24) is 4.98 Å². The Labute approximate surface area is 107 Å². The van der Waals surface area contributed by atoms with Crippen molar-refractivity contribution in [2.24, 2.45) is 0 Å². The van der Waals surface area contributed by atoms with E-state index in [-0.39, 0.29) is 0 Å². The largest absolute Gasteiger partial charge is 0.493 e. The Kier molecular flexibility index (Phi) is 4.02. The third-order valence-electron chi connectivity index (χ3n) is 2.63. The number of methoxy groups -OCH3 is 2. The van der Waals surface area contributed by atoms with Gasteiger partial charge in [0.25, 0.3) is 0 Å². The molecule has 0 aliphatic carbocycles. The molecule has 1 aromatic carbocycles. The maximum atomic E-state index is 5.25. The lowest BCUT2D eigenvalue weighted by molar-refractivity contribution is 0.355. The molecule has 0 atom stereocenters. The molecule has 0 aliphatic rings. The third-order valence-corrected chi connectivity index (χ3v) is 2.63. The number of nitrogens with zero attached hydrogens (tertiary/aromatic N) is 1. The van der Waals surface area contributed by atoms with E-state index >= 15 is 0 Å². The summed E-state index contributed by atoms with van der Waals surface area (Å²) in [6.45, 7) is 0.748. The molecule has 1 N–H and O–H groups in total. The zero-order chi connectivity index (χ0) is 12.8. The molecule has 0 bridgehead atoms. The highest BCUT2D eigenvalue weighted by atomic mass is 16.5. The summed E-state index contributed by atoms with van der Waals surface area (Å²) in [4.78, 5) is 3.99. The minimum absolute atomic E-state index is 0.720. The fourth-order valence-corrected chi connectivity index (χ4v) is 1.65. The molecule has 0 saturated heterocycles. The Morgan fingerprint density at radius 2 is 1.72 bits per heavy atom. The Balaban J connectivity index is 2.06. The second-order valence-corrected chi connectivity index (χ2v) is 3.78. The van der Waals surface area contributed by atoms with Crippen LogP contribution in [0.4, 0.5) is 5.69 Å². The van der Waals surface area contributed by atoms with Gasteiger partial charge in [0.05, 0.1) is 14.2 Å². The lowest BCUT2D eigenvalue weighted by atomic mass is 10.2. The van der Waals surface area contributed by atoms with E-state index < -0.39 is 0 Å². The number of ether oxygens (including phenoxy) is 2. The quantitative estimate of drug-likeness (QED) is 0.878. The van der Waals surface area contributed by atoms with Crippen molar-refractivity contribution in [2.75, 3.05) is 19.5 Å². The molecule has 4 nitrogen and oxygen atoms in total. The Bertz CT molecular complexity index is 500. The van der Waals surface area contributed by atoms with Crippen molar-refractivity contribution >= 4 is 5.69 Å². The van der Waals surface area contributed by atoms with Gasteiger partial charge in [0, 0.05) is 30.7 Å². The zero-order valence-corrected chi connectivity index (χ0v) is 10.5. The SMILES string of the molecule is COc1ccc(NCc2ccncc2)cc1OC. The summed E-state index contributed by atoms with van der Waals surface area (Å²) in [7, 11) is 3.26. The highest BCUT2D eigenvalue weighted by Gasteiger charge is 2.03. The van der Waals surface area contributed by atoms with Crippen LogP contribution in [0.1, 0.15) is 5.56 Å². The van der Waals surface area contributed by atoms with Crippen molar-refractivity contribution in [3.05, 3.63) is 48.3 Å². The summed E-state index contributed by atoms with van der Waals surface area (Å²) in [5.41, 5.74) is 2.17. The maximum absolute atomic E-state index is 5.25. The fourth-order valence-electron chi connectivity index (χ4n) is 1.65. The molecule has 1 aromatic heterocycles. The first kappa shape index (κ1) is 12.2. The van der Waals surface area contributed by atoms with E-state index in [4.69, 9.17) is 9.47 Å². The van der Waals surface area contributed by atoms with Gasteiger partial charge in [-0.3, -0.25) is 4.98 Å². The van der Waals surface area contributed by atoms with Crippen molar-refractivity contribution in [3.8, 4) is 11.5 Å². The zero-order valence-electron chi connectivity index (χ0n) is 10.5. The first-order valence-electron chi connectivity index (χ1n) is 5.68. The van der Waals surface area contributed by atoms with Gasteiger partial charge < -0.3 is 14.8 Å². The third kappa shape index (κ3) is 2.91. The first-order valence-corrected chi connectivity index (χ1v) is 5.68. The molecule has 2 rings (SSSR count). The van der Waals surface area contributed by atoms with E-state index in [9.17, 15) is 0 Å². The summed E-state index contributed by atoms with van der Waals surface area (Å²) in [5.74, 6) is 1.45. The number of rotatable bonds is 5. The number of nitrogens with one attached hydrogen (secondary N) is 1. The van der Waals surface area contributed by atoms with Crippen LogP contribution in [0.25, 0.3) is 0 Å². The molecule has 0 fully saturated rings. The predicted octanol–water partition coefficient (Wildman–Crippen LogP) is 2.71. The van der Waals surface area contributed by atoms with E-state index in [1.165, 1.54) is 5.56 Å². The fraction of sp³-hybridized carbons (Fsp3) is 0.214. The summed E-state index contributed by atoms with van der Waals surface area (Å²) >= 11 is 0. The maximum Gasteiger partial charge on any atom is 0.162 e. The van der Waals surface area contributed by atoms with Gasteiger partial charge in [0.1, 0.15) is 0 Å². The van der Waals surface area contributed by atoms with Crippen molar-refractivity contribution in [1.29, 1.82) is 0 Å². The molecule has 1 heterocycles. The smallest absolute Gasteiger partial charge is 0.162 e. The number of aromatic nitrogens is 1. The highest BCUT2D eigenvalue weighted by molar-refractivity contribution is 5.54. The van der Waals surface area contributed by atoms with Gasteiger partial charge in [-0.15, -0.1) is 0 Å². The molecule has 0 unspecified atom stereocenters. The molecule has 4 heteroatoms. The molecule has 0 radical (unpaired) electrons. The lowest BCUT2D eigenvalue weighted by Crippen LogP contribution is -2.00. The highest BCUT2D eigenvalue weighted by Crippen LogP contribution is 2.29. The Morgan fingerprint density at radius 3 is 2.39 bits per heavy atom. The van der Waals surface area contributed by atoms with Gasteiger partial charge in [-0.25, -0.2) is 0 Å². The normalized spacial score (nSPS) is 9.89. The molecule has 0 spiro atoms. The topological polar surface area (TPSA) is 43.4 Å². The molecule has 0 amide bonds. The van der Waals surface area contributed by atoms with Crippen molar-refractivity contribution in [2.45, 2.75) is 6.54 Å². The lowest BCUT2D eigenvalue weighted by Gasteiger charge is -2.11. The first-order chi connectivity index (χ1) is 8.83. The number of pyridine rings is 1. The van der Waals surface area contributed by atoms with Crippen LogP contribution in [0, 0.1) is 0 Å². The second kappa shape index (κ2) is 5.91. The average molecular weight is 244 g/mol. The van der Waals surface area contributed by atoms with Crippen LogP contribution in [0.3, 0.4) is 0 Å². The second-order valence-electron chi connectivity index (χ2n) is 3.78. The molecular weight excluding hydrogens is 228 g/mol. The Hall–Kier alpha value is -2.23. The van der Waals surface area contributed by atoms with E-state index in [1.807, 2.05) is 30.3 Å². The van der Waals surface area contributed by atoms with Gasteiger partial charge in [0.15, 0.2) is 11.5 Å². The van der Waals surface area contributed by atoms with E-state index in [0.29, 0.717) is 0 Å². The number of anilines is 1. The molecule has 94 valence electrons. The molecule has 18 heavy (non-hydrogen) atoms. The molecule has 2 aromatic rings. The van der Waals surface area contributed by atoms with Crippen LogP contribution >= 0.6 is 0 Å². The van der Waals surface area contributed by atoms with Crippen LogP contribution in [-0.4, -0.2) is 19.2 Å². The van der Waals surface area contributed by atoms with Gasteiger partial charge in [-0.2, -0.15) is 0 Å². The van der Waals surface area contributed by atoms with Gasteiger partial charge in [-0.05, 0) is 29.8 Å². The van der Waals surface area contributed by atoms with Gasteiger partial charge in [-0.1, -0.05) is 0 Å². The molecular formula is C14H16N2O2. The monoisotopic (exact) mass is 244 g/mol. The van der Waals surface area contributed by atoms with Crippen LogP contribution in [0.2, 0.25) is 0 Å². The summed E-state index contributed by atoms with van der Waals surface area (Å²) in [6, 6.07) is 9.72. The van der Waals surface area contributed by atoms with Crippen molar-refractivity contribution in [3.63, 3.8) is 0 Å². The minimum atomic E-state index is 0.720.